The first-order valence-electron chi connectivity index (χ1n) is 5.30. The summed E-state index contributed by atoms with van der Waals surface area (Å²) in [6.45, 7) is 2.51. The smallest absolute Gasteiger partial charge is 0.404 e. The van der Waals surface area contributed by atoms with E-state index in [0.29, 0.717) is 12.5 Å². The molecule has 0 saturated heterocycles. The van der Waals surface area contributed by atoms with Gasteiger partial charge in [0.2, 0.25) is 0 Å². The molecule has 1 atom stereocenters. The SMILES string of the molecule is CC(CCc1ccccc1Cl)CNC(=O)O. The van der Waals surface area contributed by atoms with Gasteiger partial charge in [0.25, 0.3) is 0 Å². The number of hydrogen-bond acceptors (Lipinski definition) is 1. The van der Waals surface area contributed by atoms with Gasteiger partial charge in [-0.3, -0.25) is 0 Å². The van der Waals surface area contributed by atoms with Crippen molar-refractivity contribution in [1.29, 1.82) is 0 Å². The van der Waals surface area contributed by atoms with Crippen LogP contribution in [0.5, 0.6) is 0 Å². The zero-order valence-electron chi connectivity index (χ0n) is 9.24. The molecule has 0 aliphatic heterocycles. The second-order valence-corrected chi connectivity index (χ2v) is 4.33. The number of rotatable bonds is 5. The summed E-state index contributed by atoms with van der Waals surface area (Å²) in [4.78, 5) is 10.3. The van der Waals surface area contributed by atoms with Crippen LogP contribution in [0.15, 0.2) is 24.3 Å². The minimum absolute atomic E-state index is 0.312. The normalized spacial score (nSPS) is 12.1. The molecule has 0 spiro atoms. The lowest BCUT2D eigenvalue weighted by Gasteiger charge is -2.11. The number of carboxylic acid groups (broad SMARTS) is 1. The number of aryl methyl sites for hydroxylation is 1. The number of amides is 1. The largest absolute Gasteiger partial charge is 0.465 e. The van der Waals surface area contributed by atoms with Crippen LogP contribution in [-0.2, 0) is 6.42 Å². The van der Waals surface area contributed by atoms with Gasteiger partial charge in [-0.25, -0.2) is 4.79 Å². The minimum atomic E-state index is -0.968. The van der Waals surface area contributed by atoms with Crippen LogP contribution in [0, 0.1) is 5.92 Å². The first kappa shape index (κ1) is 12.8. The van der Waals surface area contributed by atoms with Crippen molar-refractivity contribution in [2.75, 3.05) is 6.54 Å². The number of benzene rings is 1. The standard InChI is InChI=1S/C12H16ClNO2/c1-9(8-14-12(15)16)6-7-10-4-2-3-5-11(10)13/h2-5,9,14H,6-8H2,1H3,(H,15,16). The Morgan fingerprint density at radius 1 is 1.50 bits per heavy atom. The fourth-order valence-electron chi connectivity index (χ4n) is 1.47. The minimum Gasteiger partial charge on any atom is -0.465 e. The Labute approximate surface area is 100 Å². The molecule has 0 aliphatic carbocycles. The molecule has 1 unspecified atom stereocenters. The van der Waals surface area contributed by atoms with Crippen molar-refractivity contribution in [3.05, 3.63) is 34.9 Å². The average molecular weight is 242 g/mol. The van der Waals surface area contributed by atoms with E-state index in [-0.39, 0.29) is 0 Å². The van der Waals surface area contributed by atoms with Crippen LogP contribution >= 0.6 is 11.6 Å². The van der Waals surface area contributed by atoms with Crippen LogP contribution in [0.2, 0.25) is 5.02 Å². The molecule has 1 aromatic rings. The van der Waals surface area contributed by atoms with Crippen LogP contribution in [0.4, 0.5) is 4.79 Å². The van der Waals surface area contributed by atoms with E-state index in [1.807, 2.05) is 31.2 Å². The van der Waals surface area contributed by atoms with Gasteiger partial charge in [-0.15, -0.1) is 0 Å². The Kier molecular flexibility index (Phi) is 5.12. The molecule has 0 fully saturated rings. The summed E-state index contributed by atoms with van der Waals surface area (Å²) in [7, 11) is 0. The molecule has 0 aromatic heterocycles. The van der Waals surface area contributed by atoms with E-state index in [4.69, 9.17) is 16.7 Å². The lowest BCUT2D eigenvalue weighted by molar-refractivity contribution is 0.192. The van der Waals surface area contributed by atoms with Gasteiger partial charge in [-0.2, -0.15) is 0 Å². The molecule has 0 bridgehead atoms. The van der Waals surface area contributed by atoms with E-state index in [1.165, 1.54) is 0 Å². The number of carbonyl (C=O) groups is 1. The van der Waals surface area contributed by atoms with Crippen molar-refractivity contribution in [2.24, 2.45) is 5.92 Å². The Bertz CT molecular complexity index is 355. The summed E-state index contributed by atoms with van der Waals surface area (Å²) in [5.74, 6) is 0.312. The third-order valence-corrected chi connectivity index (χ3v) is 2.83. The van der Waals surface area contributed by atoms with Gasteiger partial charge in [-0.05, 0) is 30.4 Å². The molecular weight excluding hydrogens is 226 g/mol. The number of hydrogen-bond donors (Lipinski definition) is 2. The van der Waals surface area contributed by atoms with Gasteiger partial charge in [0.05, 0.1) is 0 Å². The predicted molar refractivity (Wildman–Crippen MR) is 65.0 cm³/mol. The molecule has 88 valence electrons. The molecule has 0 heterocycles. The molecular formula is C12H16ClNO2. The molecule has 4 heteroatoms. The molecule has 1 aromatic carbocycles. The highest BCUT2D eigenvalue weighted by atomic mass is 35.5. The molecule has 2 N–H and O–H groups in total. The Morgan fingerprint density at radius 3 is 2.81 bits per heavy atom. The van der Waals surface area contributed by atoms with Crippen LogP contribution in [0.25, 0.3) is 0 Å². The summed E-state index contributed by atoms with van der Waals surface area (Å²) in [5.41, 5.74) is 1.12. The van der Waals surface area contributed by atoms with Gasteiger partial charge >= 0.3 is 6.09 Å². The maximum atomic E-state index is 10.3. The van der Waals surface area contributed by atoms with Gasteiger partial charge < -0.3 is 10.4 Å². The summed E-state index contributed by atoms with van der Waals surface area (Å²) in [5, 5.41) is 11.6. The lowest BCUT2D eigenvalue weighted by atomic mass is 10.0. The summed E-state index contributed by atoms with van der Waals surface area (Å²) in [6, 6.07) is 7.74. The molecule has 16 heavy (non-hydrogen) atoms. The maximum Gasteiger partial charge on any atom is 0.404 e. The van der Waals surface area contributed by atoms with Crippen LogP contribution in [0.3, 0.4) is 0 Å². The van der Waals surface area contributed by atoms with Crippen molar-refractivity contribution >= 4 is 17.7 Å². The summed E-state index contributed by atoms with van der Waals surface area (Å²) in [6.07, 6.45) is 0.830. The van der Waals surface area contributed by atoms with Gasteiger partial charge in [0.1, 0.15) is 0 Å². The molecule has 0 saturated carbocycles. The fourth-order valence-corrected chi connectivity index (χ4v) is 1.70. The third kappa shape index (κ3) is 4.53. The van der Waals surface area contributed by atoms with Crippen molar-refractivity contribution in [3.8, 4) is 0 Å². The zero-order valence-corrected chi connectivity index (χ0v) is 10.00. The molecule has 0 radical (unpaired) electrons. The Morgan fingerprint density at radius 2 is 2.19 bits per heavy atom. The van der Waals surface area contributed by atoms with E-state index < -0.39 is 6.09 Å². The molecule has 1 amide bonds. The van der Waals surface area contributed by atoms with Crippen molar-refractivity contribution < 1.29 is 9.90 Å². The number of nitrogens with one attached hydrogen (secondary N) is 1. The highest BCUT2D eigenvalue weighted by Gasteiger charge is 2.06. The average Bonchev–Trinajstić information content (AvgIpc) is 2.25. The van der Waals surface area contributed by atoms with Gasteiger partial charge in [-0.1, -0.05) is 36.7 Å². The van der Waals surface area contributed by atoms with Crippen LogP contribution < -0.4 is 5.32 Å². The number of halogens is 1. The molecule has 1 rings (SSSR count). The van der Waals surface area contributed by atoms with Crippen LogP contribution in [0.1, 0.15) is 18.9 Å². The Balaban J connectivity index is 2.34. The monoisotopic (exact) mass is 241 g/mol. The van der Waals surface area contributed by atoms with Crippen molar-refractivity contribution in [3.63, 3.8) is 0 Å². The highest BCUT2D eigenvalue weighted by Crippen LogP contribution is 2.18. The van der Waals surface area contributed by atoms with Crippen molar-refractivity contribution in [1.82, 2.24) is 5.32 Å². The highest BCUT2D eigenvalue weighted by molar-refractivity contribution is 6.31. The Hall–Kier alpha value is -1.22. The lowest BCUT2D eigenvalue weighted by Crippen LogP contribution is -2.26. The first-order chi connectivity index (χ1) is 7.59. The van der Waals surface area contributed by atoms with E-state index in [0.717, 1.165) is 23.4 Å². The van der Waals surface area contributed by atoms with E-state index in [9.17, 15) is 4.79 Å². The molecule has 3 nitrogen and oxygen atoms in total. The predicted octanol–water partition coefficient (Wildman–Crippen LogP) is 3.18. The molecule has 0 aliphatic rings. The fraction of sp³-hybridized carbons (Fsp3) is 0.417. The van der Waals surface area contributed by atoms with Crippen LogP contribution in [-0.4, -0.2) is 17.7 Å². The van der Waals surface area contributed by atoms with Gasteiger partial charge in [0, 0.05) is 11.6 Å². The second kappa shape index (κ2) is 6.38. The maximum absolute atomic E-state index is 10.3. The van der Waals surface area contributed by atoms with E-state index >= 15 is 0 Å². The van der Waals surface area contributed by atoms with E-state index in [1.54, 1.807) is 0 Å². The quantitative estimate of drug-likeness (QED) is 0.832. The topological polar surface area (TPSA) is 49.3 Å². The zero-order chi connectivity index (χ0) is 12.0. The first-order valence-corrected chi connectivity index (χ1v) is 5.67. The second-order valence-electron chi connectivity index (χ2n) is 3.92. The summed E-state index contributed by atoms with van der Waals surface area (Å²) < 4.78 is 0. The van der Waals surface area contributed by atoms with E-state index in [2.05, 4.69) is 5.32 Å². The van der Waals surface area contributed by atoms with Crippen molar-refractivity contribution in [2.45, 2.75) is 19.8 Å². The summed E-state index contributed by atoms with van der Waals surface area (Å²) >= 11 is 6.03. The third-order valence-electron chi connectivity index (χ3n) is 2.47. The van der Waals surface area contributed by atoms with Gasteiger partial charge in [0.15, 0.2) is 0 Å².